The molecule has 28 heavy (non-hydrogen) atoms. The molecule has 0 unspecified atom stereocenters. The van der Waals surface area contributed by atoms with Gasteiger partial charge in [0.1, 0.15) is 11.5 Å². The minimum atomic E-state index is -0.193. The monoisotopic (exact) mass is 440 g/mol. The van der Waals surface area contributed by atoms with E-state index in [4.69, 9.17) is 44.9 Å². The lowest BCUT2D eigenvalue weighted by molar-refractivity contribution is -0.119. The molecule has 0 radical (unpaired) electrons. The van der Waals surface area contributed by atoms with Crippen LogP contribution >= 0.6 is 35.4 Å². The van der Waals surface area contributed by atoms with Gasteiger partial charge in [-0.1, -0.05) is 36.2 Å². The van der Waals surface area contributed by atoms with Crippen LogP contribution in [0.3, 0.4) is 0 Å². The third-order valence-electron chi connectivity index (χ3n) is 3.52. The molecule has 0 heterocycles. The molecule has 0 saturated carbocycles. The van der Waals surface area contributed by atoms with Crippen molar-refractivity contribution in [1.82, 2.24) is 5.32 Å². The molecular formula is C20H22Cl2N2O3S. The van der Waals surface area contributed by atoms with Crippen LogP contribution in [-0.4, -0.2) is 24.2 Å². The molecule has 0 atom stereocenters. The van der Waals surface area contributed by atoms with Gasteiger partial charge in [0.05, 0.1) is 18.2 Å². The molecule has 0 fully saturated rings. The van der Waals surface area contributed by atoms with Crippen LogP contribution in [0.4, 0.5) is 5.69 Å². The number of halogens is 2. The largest absolute Gasteiger partial charge is 0.494 e. The first kappa shape index (κ1) is 22.3. The molecule has 2 N–H and O–H groups in total. The van der Waals surface area contributed by atoms with Crippen molar-refractivity contribution in [2.24, 2.45) is 0 Å². The van der Waals surface area contributed by atoms with Crippen molar-refractivity contribution in [3.8, 4) is 11.5 Å². The van der Waals surface area contributed by atoms with Crippen molar-refractivity contribution < 1.29 is 14.3 Å². The fourth-order valence-corrected chi connectivity index (χ4v) is 2.94. The Hall–Kier alpha value is -2.02. The average molecular weight is 441 g/mol. The molecule has 0 aromatic heterocycles. The van der Waals surface area contributed by atoms with Crippen molar-refractivity contribution >= 4 is 52.1 Å². The maximum absolute atomic E-state index is 12.0. The van der Waals surface area contributed by atoms with Gasteiger partial charge >= 0.3 is 0 Å². The number of benzene rings is 2. The molecule has 2 aromatic carbocycles. The van der Waals surface area contributed by atoms with E-state index in [1.807, 2.05) is 31.2 Å². The predicted octanol–water partition coefficient (Wildman–Crippen LogP) is 5.45. The number of carbonyl (C=O) groups is 1. The van der Waals surface area contributed by atoms with Crippen LogP contribution < -0.4 is 20.1 Å². The van der Waals surface area contributed by atoms with E-state index >= 15 is 0 Å². The second-order valence-corrected chi connectivity index (χ2v) is 7.16. The van der Waals surface area contributed by atoms with E-state index < -0.39 is 0 Å². The maximum atomic E-state index is 12.0. The third kappa shape index (κ3) is 7.92. The van der Waals surface area contributed by atoms with Gasteiger partial charge in [0.2, 0.25) is 5.91 Å². The highest BCUT2D eigenvalue weighted by Crippen LogP contribution is 2.27. The minimum Gasteiger partial charge on any atom is -0.494 e. The van der Waals surface area contributed by atoms with E-state index in [1.54, 1.807) is 18.2 Å². The molecule has 2 rings (SSSR count). The highest BCUT2D eigenvalue weighted by Gasteiger charge is 2.07. The van der Waals surface area contributed by atoms with Crippen molar-refractivity contribution in [2.75, 3.05) is 18.5 Å². The highest BCUT2D eigenvalue weighted by atomic mass is 35.5. The Kier molecular flexibility index (Phi) is 9.34. The summed E-state index contributed by atoms with van der Waals surface area (Å²) < 4.78 is 11.1. The Labute approximate surface area is 180 Å². The molecule has 0 saturated heterocycles. The molecule has 0 bridgehead atoms. The summed E-state index contributed by atoms with van der Waals surface area (Å²) >= 11 is 17.1. The lowest BCUT2D eigenvalue weighted by Gasteiger charge is -2.11. The second kappa shape index (κ2) is 11.7. The first-order valence-electron chi connectivity index (χ1n) is 8.89. The van der Waals surface area contributed by atoms with Crippen LogP contribution in [0.25, 0.3) is 0 Å². The van der Waals surface area contributed by atoms with E-state index in [0.29, 0.717) is 35.4 Å². The summed E-state index contributed by atoms with van der Waals surface area (Å²) in [5.41, 5.74) is 0.750. The van der Waals surface area contributed by atoms with Crippen LogP contribution in [-0.2, 0) is 4.79 Å². The number of anilines is 1. The number of nitrogens with one attached hydrogen (secondary N) is 2. The number of carbonyl (C=O) groups excluding carboxylic acids is 1. The summed E-state index contributed by atoms with van der Waals surface area (Å²) in [4.78, 5) is 12.0. The van der Waals surface area contributed by atoms with Crippen LogP contribution in [0.1, 0.15) is 26.2 Å². The molecule has 0 spiro atoms. The van der Waals surface area contributed by atoms with E-state index in [-0.39, 0.29) is 17.4 Å². The van der Waals surface area contributed by atoms with Gasteiger partial charge in [-0.2, -0.15) is 0 Å². The lowest BCUT2D eigenvalue weighted by atomic mass is 10.3. The van der Waals surface area contributed by atoms with Gasteiger partial charge in [0.25, 0.3) is 0 Å². The van der Waals surface area contributed by atoms with Gasteiger partial charge in [-0.05, 0) is 55.4 Å². The number of rotatable bonds is 9. The standard InChI is InChI=1S/C20H22Cl2N2O3S/c1-2-10-26-16-6-3-5-15(13-16)23-20(28)24-19(25)7-4-11-27-18-9-8-14(21)12-17(18)22/h3,5-6,8-9,12-13H,2,4,7,10-11H2,1H3,(H2,23,24,25,28). The number of amides is 1. The molecule has 8 heteroatoms. The second-order valence-electron chi connectivity index (χ2n) is 5.91. The van der Waals surface area contributed by atoms with Crippen LogP contribution in [0.5, 0.6) is 11.5 Å². The van der Waals surface area contributed by atoms with E-state index in [9.17, 15) is 4.79 Å². The van der Waals surface area contributed by atoms with Crippen molar-refractivity contribution in [1.29, 1.82) is 0 Å². The SMILES string of the molecule is CCCOc1cccc(NC(=S)NC(=O)CCCOc2ccc(Cl)cc2Cl)c1. The quantitative estimate of drug-likeness (QED) is 0.400. The number of thiocarbonyl (C=S) groups is 1. The Morgan fingerprint density at radius 1 is 1.11 bits per heavy atom. The topological polar surface area (TPSA) is 59.6 Å². The highest BCUT2D eigenvalue weighted by molar-refractivity contribution is 7.80. The zero-order chi connectivity index (χ0) is 20.4. The lowest BCUT2D eigenvalue weighted by Crippen LogP contribution is -2.34. The Morgan fingerprint density at radius 3 is 2.68 bits per heavy atom. The molecule has 0 aliphatic carbocycles. The number of hydrogen-bond donors (Lipinski definition) is 2. The molecule has 2 aromatic rings. The first-order valence-corrected chi connectivity index (χ1v) is 10.1. The van der Waals surface area contributed by atoms with Gasteiger partial charge < -0.3 is 20.1 Å². The molecule has 5 nitrogen and oxygen atoms in total. The Bertz CT molecular complexity index is 818. The van der Waals surface area contributed by atoms with Crippen molar-refractivity contribution in [3.05, 3.63) is 52.5 Å². The summed E-state index contributed by atoms with van der Waals surface area (Å²) in [5, 5.41) is 6.84. The predicted molar refractivity (Wildman–Crippen MR) is 118 cm³/mol. The Balaban J connectivity index is 1.70. The van der Waals surface area contributed by atoms with Crippen LogP contribution in [0.15, 0.2) is 42.5 Å². The summed E-state index contributed by atoms with van der Waals surface area (Å²) in [7, 11) is 0. The summed E-state index contributed by atoms with van der Waals surface area (Å²) in [5.74, 6) is 1.09. The average Bonchev–Trinajstić information content (AvgIpc) is 2.65. The molecule has 0 aliphatic rings. The molecule has 0 aliphatic heterocycles. The molecule has 150 valence electrons. The summed E-state index contributed by atoms with van der Waals surface area (Å²) in [6, 6.07) is 12.4. The van der Waals surface area contributed by atoms with Crippen molar-refractivity contribution in [2.45, 2.75) is 26.2 Å². The van der Waals surface area contributed by atoms with Gasteiger partial charge in [0, 0.05) is 23.2 Å². The smallest absolute Gasteiger partial charge is 0.226 e. The van der Waals surface area contributed by atoms with Crippen molar-refractivity contribution in [3.63, 3.8) is 0 Å². The summed E-state index contributed by atoms with van der Waals surface area (Å²) in [6.07, 6.45) is 1.72. The van der Waals surface area contributed by atoms with Crippen LogP contribution in [0.2, 0.25) is 10.0 Å². The van der Waals surface area contributed by atoms with E-state index in [0.717, 1.165) is 17.9 Å². The zero-order valence-electron chi connectivity index (χ0n) is 15.5. The fourth-order valence-electron chi connectivity index (χ4n) is 2.24. The number of hydrogen-bond acceptors (Lipinski definition) is 4. The summed E-state index contributed by atoms with van der Waals surface area (Å²) in [6.45, 7) is 3.04. The van der Waals surface area contributed by atoms with Gasteiger partial charge in [-0.15, -0.1) is 0 Å². The molecule has 1 amide bonds. The Morgan fingerprint density at radius 2 is 1.93 bits per heavy atom. The van der Waals surface area contributed by atoms with E-state index in [2.05, 4.69) is 10.6 Å². The van der Waals surface area contributed by atoms with Gasteiger partial charge in [-0.3, -0.25) is 4.79 Å². The minimum absolute atomic E-state index is 0.193. The first-order chi connectivity index (χ1) is 13.5. The third-order valence-corrected chi connectivity index (χ3v) is 4.25. The number of ether oxygens (including phenoxy) is 2. The van der Waals surface area contributed by atoms with Gasteiger partial charge in [0.15, 0.2) is 5.11 Å². The fraction of sp³-hybridized carbons (Fsp3) is 0.300. The van der Waals surface area contributed by atoms with Crippen LogP contribution in [0, 0.1) is 0 Å². The zero-order valence-corrected chi connectivity index (χ0v) is 17.8. The maximum Gasteiger partial charge on any atom is 0.226 e. The van der Waals surface area contributed by atoms with Gasteiger partial charge in [-0.25, -0.2) is 0 Å². The molecular weight excluding hydrogens is 419 g/mol. The normalized spacial score (nSPS) is 10.2. The van der Waals surface area contributed by atoms with E-state index in [1.165, 1.54) is 0 Å².